The second-order valence-electron chi connectivity index (χ2n) is 3.63. The molecule has 0 saturated heterocycles. The Morgan fingerprint density at radius 3 is 2.94 bits per heavy atom. The monoisotopic (exact) mass is 232 g/mol. The van der Waals surface area contributed by atoms with Crippen LogP contribution in [-0.4, -0.2) is 10.9 Å². The van der Waals surface area contributed by atoms with Crippen LogP contribution in [0.4, 0.5) is 0 Å². The van der Waals surface area contributed by atoms with Crippen molar-refractivity contribution in [3.05, 3.63) is 58.4 Å². The number of hydrogen-bond acceptors (Lipinski definition) is 3. The first-order valence-corrected chi connectivity index (χ1v) is 5.20. The van der Waals surface area contributed by atoms with Crippen molar-refractivity contribution in [2.75, 3.05) is 0 Å². The Balaban J connectivity index is 2.13. The Morgan fingerprint density at radius 2 is 2.29 bits per heavy atom. The Hall–Kier alpha value is -2.30. The van der Waals surface area contributed by atoms with Gasteiger partial charge in [-0.15, -0.1) is 0 Å². The number of H-pyrrole nitrogens is 1. The van der Waals surface area contributed by atoms with Crippen LogP contribution in [0.15, 0.2) is 46.1 Å². The first kappa shape index (κ1) is 11.2. The molecule has 88 valence electrons. The van der Waals surface area contributed by atoms with Crippen LogP contribution in [0.1, 0.15) is 29.1 Å². The van der Waals surface area contributed by atoms with Gasteiger partial charge in [0.15, 0.2) is 5.43 Å². The number of carbonyl (C=O) groups is 1. The zero-order chi connectivity index (χ0) is 12.3. The predicted octanol–water partition coefficient (Wildman–Crippen LogP) is 1.46. The lowest BCUT2D eigenvalue weighted by atomic mass is 10.2. The van der Waals surface area contributed by atoms with E-state index in [1.165, 1.54) is 24.7 Å². The second kappa shape index (κ2) is 4.69. The van der Waals surface area contributed by atoms with Gasteiger partial charge in [-0.25, -0.2) is 0 Å². The molecule has 1 amide bonds. The van der Waals surface area contributed by atoms with E-state index in [4.69, 9.17) is 4.42 Å². The summed E-state index contributed by atoms with van der Waals surface area (Å²) in [6, 6.07) is 4.54. The number of aromatic nitrogens is 1. The third kappa shape index (κ3) is 2.44. The standard InChI is InChI=1S/C12H12N2O3/c1-8(11-3-2-6-17-11)14-12(16)9-7-13-5-4-10(9)15/h2-8H,1H3,(H,13,15)(H,14,16). The number of rotatable bonds is 3. The average Bonchev–Trinajstić information content (AvgIpc) is 2.82. The van der Waals surface area contributed by atoms with E-state index in [2.05, 4.69) is 10.3 Å². The van der Waals surface area contributed by atoms with E-state index < -0.39 is 5.91 Å². The first-order chi connectivity index (χ1) is 8.18. The molecule has 2 aromatic rings. The van der Waals surface area contributed by atoms with Gasteiger partial charge in [0.1, 0.15) is 11.3 Å². The van der Waals surface area contributed by atoms with E-state index in [-0.39, 0.29) is 17.0 Å². The van der Waals surface area contributed by atoms with Crippen LogP contribution in [-0.2, 0) is 0 Å². The molecule has 1 unspecified atom stereocenters. The van der Waals surface area contributed by atoms with Gasteiger partial charge in [0.2, 0.25) is 0 Å². The molecule has 2 rings (SSSR count). The van der Waals surface area contributed by atoms with E-state index in [0.29, 0.717) is 5.76 Å². The maximum atomic E-state index is 11.8. The minimum Gasteiger partial charge on any atom is -0.467 e. The highest BCUT2D eigenvalue weighted by atomic mass is 16.3. The fourth-order valence-electron chi connectivity index (χ4n) is 1.48. The minimum atomic E-state index is -0.421. The third-order valence-electron chi connectivity index (χ3n) is 2.39. The Morgan fingerprint density at radius 1 is 1.47 bits per heavy atom. The lowest BCUT2D eigenvalue weighted by Gasteiger charge is -2.10. The summed E-state index contributed by atoms with van der Waals surface area (Å²) in [5.74, 6) is 0.224. The summed E-state index contributed by atoms with van der Waals surface area (Å²) in [7, 11) is 0. The van der Waals surface area contributed by atoms with Gasteiger partial charge < -0.3 is 14.7 Å². The zero-order valence-electron chi connectivity index (χ0n) is 9.27. The zero-order valence-corrected chi connectivity index (χ0v) is 9.27. The molecule has 0 bridgehead atoms. The van der Waals surface area contributed by atoms with Crippen molar-refractivity contribution in [2.45, 2.75) is 13.0 Å². The van der Waals surface area contributed by atoms with Gasteiger partial charge in [0, 0.05) is 18.5 Å². The fourth-order valence-corrected chi connectivity index (χ4v) is 1.48. The summed E-state index contributed by atoms with van der Waals surface area (Å²) in [5.41, 5.74) is -0.223. The molecule has 0 aliphatic rings. The molecule has 1 atom stereocenters. The minimum absolute atomic E-state index is 0.0888. The van der Waals surface area contributed by atoms with Gasteiger partial charge in [-0.05, 0) is 19.1 Å². The highest BCUT2D eigenvalue weighted by Gasteiger charge is 2.15. The molecule has 17 heavy (non-hydrogen) atoms. The molecule has 5 heteroatoms. The Bertz CT molecular complexity index is 557. The van der Waals surface area contributed by atoms with Gasteiger partial charge in [0.05, 0.1) is 12.3 Å². The average molecular weight is 232 g/mol. The van der Waals surface area contributed by atoms with E-state index in [9.17, 15) is 9.59 Å². The number of pyridine rings is 1. The number of amides is 1. The predicted molar refractivity (Wildman–Crippen MR) is 61.7 cm³/mol. The molecule has 0 saturated carbocycles. The van der Waals surface area contributed by atoms with E-state index in [1.807, 2.05) is 0 Å². The van der Waals surface area contributed by atoms with Crippen molar-refractivity contribution in [1.82, 2.24) is 10.3 Å². The van der Waals surface area contributed by atoms with Crippen LogP contribution in [0.2, 0.25) is 0 Å². The topological polar surface area (TPSA) is 75.1 Å². The molecule has 0 aromatic carbocycles. The number of aromatic amines is 1. The van der Waals surface area contributed by atoms with Crippen LogP contribution in [0.3, 0.4) is 0 Å². The maximum Gasteiger partial charge on any atom is 0.257 e. The highest BCUT2D eigenvalue weighted by Crippen LogP contribution is 2.12. The lowest BCUT2D eigenvalue weighted by molar-refractivity contribution is 0.0934. The molecular formula is C12H12N2O3. The normalized spacial score (nSPS) is 12.1. The summed E-state index contributed by atoms with van der Waals surface area (Å²) in [5, 5.41) is 2.69. The van der Waals surface area contributed by atoms with Gasteiger partial charge in [-0.3, -0.25) is 9.59 Å². The summed E-state index contributed by atoms with van der Waals surface area (Å²) < 4.78 is 5.16. The molecule has 0 aliphatic heterocycles. The number of hydrogen-bond donors (Lipinski definition) is 2. The first-order valence-electron chi connectivity index (χ1n) is 5.20. The maximum absolute atomic E-state index is 11.8. The number of nitrogens with one attached hydrogen (secondary N) is 2. The van der Waals surface area contributed by atoms with Crippen molar-refractivity contribution < 1.29 is 9.21 Å². The largest absolute Gasteiger partial charge is 0.467 e. The van der Waals surface area contributed by atoms with Crippen molar-refractivity contribution >= 4 is 5.91 Å². The number of carbonyl (C=O) groups excluding carboxylic acids is 1. The molecule has 2 aromatic heterocycles. The lowest BCUT2D eigenvalue weighted by Crippen LogP contribution is -2.30. The van der Waals surface area contributed by atoms with Crippen LogP contribution in [0, 0.1) is 0 Å². The van der Waals surface area contributed by atoms with Crippen LogP contribution in [0.5, 0.6) is 0 Å². The van der Waals surface area contributed by atoms with Crippen LogP contribution < -0.4 is 10.7 Å². The van der Waals surface area contributed by atoms with Gasteiger partial charge in [-0.2, -0.15) is 0 Å². The molecule has 2 N–H and O–H groups in total. The Labute approximate surface area is 97.5 Å². The smallest absolute Gasteiger partial charge is 0.257 e. The second-order valence-corrected chi connectivity index (χ2v) is 3.63. The molecular weight excluding hydrogens is 220 g/mol. The molecule has 2 heterocycles. The summed E-state index contributed by atoms with van der Waals surface area (Å²) in [6.07, 6.45) is 4.40. The van der Waals surface area contributed by atoms with Crippen molar-refractivity contribution in [1.29, 1.82) is 0 Å². The van der Waals surface area contributed by atoms with Crippen molar-refractivity contribution in [3.8, 4) is 0 Å². The molecule has 0 spiro atoms. The number of furan rings is 1. The van der Waals surface area contributed by atoms with E-state index in [1.54, 1.807) is 19.1 Å². The molecule has 5 nitrogen and oxygen atoms in total. The summed E-state index contributed by atoms with van der Waals surface area (Å²) in [4.78, 5) is 25.9. The quantitative estimate of drug-likeness (QED) is 0.841. The third-order valence-corrected chi connectivity index (χ3v) is 2.39. The van der Waals surface area contributed by atoms with Gasteiger partial charge in [0.25, 0.3) is 5.91 Å². The fraction of sp³-hybridized carbons (Fsp3) is 0.167. The van der Waals surface area contributed by atoms with Crippen molar-refractivity contribution in [3.63, 3.8) is 0 Å². The van der Waals surface area contributed by atoms with Gasteiger partial charge in [-0.1, -0.05) is 0 Å². The SMILES string of the molecule is CC(NC(=O)c1c[nH]ccc1=O)c1ccco1. The van der Waals surface area contributed by atoms with Crippen molar-refractivity contribution in [2.24, 2.45) is 0 Å². The molecule has 0 radical (unpaired) electrons. The summed E-state index contributed by atoms with van der Waals surface area (Å²) in [6.45, 7) is 1.79. The molecule has 0 fully saturated rings. The van der Waals surface area contributed by atoms with E-state index in [0.717, 1.165) is 0 Å². The molecule has 0 aliphatic carbocycles. The van der Waals surface area contributed by atoms with Crippen LogP contribution in [0.25, 0.3) is 0 Å². The van der Waals surface area contributed by atoms with Gasteiger partial charge >= 0.3 is 0 Å². The van der Waals surface area contributed by atoms with E-state index >= 15 is 0 Å². The van der Waals surface area contributed by atoms with Crippen LogP contribution >= 0.6 is 0 Å². The Kier molecular flexibility index (Phi) is 3.09. The summed E-state index contributed by atoms with van der Waals surface area (Å²) >= 11 is 0. The highest BCUT2D eigenvalue weighted by molar-refractivity contribution is 5.93.